The number of rotatable bonds is 5. The fraction of sp³-hybridized carbons (Fsp3) is 0.480. The Balaban J connectivity index is 1.23. The standard InChI is InChI=1S/C25H30N2O3/c28-24(27-13-15-29-16-14-27)11-10-19-5-4-12-26(17-19)18-20-6-3-8-22-21-7-1-2-9-23(21)30-25(20)22/h1-3,6-9,19H,4-5,10-18H2/t19-/m1/s1. The maximum Gasteiger partial charge on any atom is 0.222 e. The van der Waals surface area contributed by atoms with Crippen LogP contribution in [0.3, 0.4) is 0 Å². The predicted octanol–water partition coefficient (Wildman–Crippen LogP) is 4.44. The van der Waals surface area contributed by atoms with Gasteiger partial charge in [0.1, 0.15) is 11.2 Å². The lowest BCUT2D eigenvalue weighted by Crippen LogP contribution is -2.41. The van der Waals surface area contributed by atoms with Crippen molar-refractivity contribution in [2.24, 2.45) is 5.92 Å². The number of carbonyl (C=O) groups is 1. The van der Waals surface area contributed by atoms with Crippen LogP contribution in [0.2, 0.25) is 0 Å². The highest BCUT2D eigenvalue weighted by Crippen LogP contribution is 2.32. The van der Waals surface area contributed by atoms with Crippen molar-refractivity contribution in [3.8, 4) is 0 Å². The first-order valence-electron chi connectivity index (χ1n) is 11.2. The topological polar surface area (TPSA) is 45.9 Å². The second-order valence-corrected chi connectivity index (χ2v) is 8.67. The van der Waals surface area contributed by atoms with Gasteiger partial charge in [-0.3, -0.25) is 9.69 Å². The molecule has 0 spiro atoms. The molecule has 5 nitrogen and oxygen atoms in total. The highest BCUT2D eigenvalue weighted by molar-refractivity contribution is 6.05. The van der Waals surface area contributed by atoms with Crippen molar-refractivity contribution < 1.29 is 13.9 Å². The second-order valence-electron chi connectivity index (χ2n) is 8.67. The van der Waals surface area contributed by atoms with E-state index < -0.39 is 0 Å². The van der Waals surface area contributed by atoms with Crippen LogP contribution in [0.4, 0.5) is 0 Å². The zero-order valence-electron chi connectivity index (χ0n) is 17.5. The summed E-state index contributed by atoms with van der Waals surface area (Å²) in [7, 11) is 0. The van der Waals surface area contributed by atoms with E-state index in [1.807, 2.05) is 17.0 Å². The van der Waals surface area contributed by atoms with Crippen LogP contribution in [0.1, 0.15) is 31.2 Å². The number of para-hydroxylation sites is 2. The van der Waals surface area contributed by atoms with Gasteiger partial charge in [0, 0.05) is 48.9 Å². The molecule has 0 aliphatic carbocycles. The van der Waals surface area contributed by atoms with Gasteiger partial charge in [0.15, 0.2) is 0 Å². The summed E-state index contributed by atoms with van der Waals surface area (Å²) in [4.78, 5) is 17.0. The number of ether oxygens (including phenoxy) is 1. The molecule has 1 atom stereocenters. The van der Waals surface area contributed by atoms with Crippen molar-refractivity contribution >= 4 is 27.8 Å². The molecule has 2 fully saturated rings. The number of hydrogen-bond acceptors (Lipinski definition) is 4. The van der Waals surface area contributed by atoms with Gasteiger partial charge < -0.3 is 14.1 Å². The maximum absolute atomic E-state index is 12.5. The summed E-state index contributed by atoms with van der Waals surface area (Å²) in [6, 6.07) is 14.8. The molecule has 0 bridgehead atoms. The Morgan fingerprint density at radius 2 is 1.83 bits per heavy atom. The van der Waals surface area contributed by atoms with Gasteiger partial charge >= 0.3 is 0 Å². The number of furan rings is 1. The SMILES string of the molecule is O=C(CC[C@H]1CCCN(Cc2cccc3c2oc2ccccc23)C1)N1CCOCC1. The molecule has 0 N–H and O–H groups in total. The average Bonchev–Trinajstić information content (AvgIpc) is 3.18. The van der Waals surface area contributed by atoms with E-state index in [0.29, 0.717) is 31.5 Å². The third-order valence-electron chi connectivity index (χ3n) is 6.61. The molecule has 0 saturated carbocycles. The van der Waals surface area contributed by atoms with Crippen LogP contribution < -0.4 is 0 Å². The van der Waals surface area contributed by atoms with Gasteiger partial charge in [-0.15, -0.1) is 0 Å². The van der Waals surface area contributed by atoms with Crippen LogP contribution in [-0.2, 0) is 16.1 Å². The van der Waals surface area contributed by atoms with E-state index in [1.165, 1.54) is 29.2 Å². The van der Waals surface area contributed by atoms with Gasteiger partial charge in [-0.2, -0.15) is 0 Å². The van der Waals surface area contributed by atoms with E-state index in [-0.39, 0.29) is 0 Å². The molecule has 5 rings (SSSR count). The summed E-state index contributed by atoms with van der Waals surface area (Å²) < 4.78 is 11.6. The summed E-state index contributed by atoms with van der Waals surface area (Å²) in [5, 5.41) is 2.39. The molecule has 30 heavy (non-hydrogen) atoms. The molecule has 2 aliphatic heterocycles. The molecule has 1 amide bonds. The lowest BCUT2D eigenvalue weighted by Gasteiger charge is -2.33. The quantitative estimate of drug-likeness (QED) is 0.629. The number of nitrogens with zero attached hydrogens (tertiary/aromatic N) is 2. The van der Waals surface area contributed by atoms with Crippen LogP contribution in [0.5, 0.6) is 0 Å². The maximum atomic E-state index is 12.5. The van der Waals surface area contributed by atoms with E-state index in [2.05, 4.69) is 35.2 Å². The number of hydrogen-bond donors (Lipinski definition) is 0. The van der Waals surface area contributed by atoms with Gasteiger partial charge in [-0.05, 0) is 37.8 Å². The Morgan fingerprint density at radius 3 is 2.73 bits per heavy atom. The number of piperidine rings is 1. The molecule has 5 heteroatoms. The van der Waals surface area contributed by atoms with Crippen molar-refractivity contribution in [1.82, 2.24) is 9.80 Å². The van der Waals surface area contributed by atoms with Crippen molar-refractivity contribution in [2.45, 2.75) is 32.2 Å². The van der Waals surface area contributed by atoms with Crippen LogP contribution >= 0.6 is 0 Å². The molecule has 1 aromatic heterocycles. The number of fused-ring (bicyclic) bond motifs is 3. The lowest BCUT2D eigenvalue weighted by molar-refractivity contribution is -0.135. The molecular weight excluding hydrogens is 376 g/mol. The molecule has 158 valence electrons. The molecule has 2 aliphatic rings. The lowest BCUT2D eigenvalue weighted by atomic mass is 9.92. The predicted molar refractivity (Wildman–Crippen MR) is 118 cm³/mol. The van der Waals surface area contributed by atoms with Crippen LogP contribution in [0.15, 0.2) is 46.9 Å². The fourth-order valence-corrected chi connectivity index (χ4v) is 5.00. The Hall–Kier alpha value is -2.37. The molecule has 3 heterocycles. The van der Waals surface area contributed by atoms with E-state index >= 15 is 0 Å². The largest absolute Gasteiger partial charge is 0.456 e. The van der Waals surface area contributed by atoms with Crippen molar-refractivity contribution in [3.63, 3.8) is 0 Å². The van der Waals surface area contributed by atoms with E-state index in [1.54, 1.807) is 0 Å². The number of amides is 1. The van der Waals surface area contributed by atoms with E-state index in [9.17, 15) is 4.79 Å². The Morgan fingerprint density at radius 1 is 1.00 bits per heavy atom. The zero-order valence-corrected chi connectivity index (χ0v) is 17.5. The first-order valence-corrected chi connectivity index (χ1v) is 11.2. The average molecular weight is 407 g/mol. The monoisotopic (exact) mass is 406 g/mol. The van der Waals surface area contributed by atoms with Gasteiger partial charge in [-0.1, -0.05) is 36.4 Å². The minimum absolute atomic E-state index is 0.294. The summed E-state index contributed by atoms with van der Waals surface area (Å²) in [6.45, 7) is 5.93. The van der Waals surface area contributed by atoms with Crippen molar-refractivity contribution in [3.05, 3.63) is 48.0 Å². The molecular formula is C25H30N2O3. The number of benzene rings is 2. The van der Waals surface area contributed by atoms with Gasteiger partial charge in [0.25, 0.3) is 0 Å². The van der Waals surface area contributed by atoms with Crippen molar-refractivity contribution in [1.29, 1.82) is 0 Å². The first-order chi connectivity index (χ1) is 14.8. The van der Waals surface area contributed by atoms with Crippen molar-refractivity contribution in [2.75, 3.05) is 39.4 Å². The highest BCUT2D eigenvalue weighted by Gasteiger charge is 2.23. The summed E-state index contributed by atoms with van der Waals surface area (Å²) >= 11 is 0. The summed E-state index contributed by atoms with van der Waals surface area (Å²) in [6.07, 6.45) is 4.08. The third kappa shape index (κ3) is 4.09. The number of morpholine rings is 1. The van der Waals surface area contributed by atoms with Gasteiger partial charge in [0.05, 0.1) is 13.2 Å². The second kappa shape index (κ2) is 8.78. The van der Waals surface area contributed by atoms with Crippen LogP contribution in [-0.4, -0.2) is 55.1 Å². The Bertz CT molecular complexity index is 1020. The van der Waals surface area contributed by atoms with E-state index in [4.69, 9.17) is 9.15 Å². The number of likely N-dealkylation sites (tertiary alicyclic amines) is 1. The van der Waals surface area contributed by atoms with Gasteiger partial charge in [0.2, 0.25) is 5.91 Å². The molecule has 2 aromatic carbocycles. The fourth-order valence-electron chi connectivity index (χ4n) is 5.00. The summed E-state index contributed by atoms with van der Waals surface area (Å²) in [5.41, 5.74) is 3.23. The smallest absolute Gasteiger partial charge is 0.222 e. The zero-order chi connectivity index (χ0) is 20.3. The molecule has 0 radical (unpaired) electrons. The molecule has 2 saturated heterocycles. The Kier molecular flexibility index (Phi) is 5.73. The molecule has 0 unspecified atom stereocenters. The number of carbonyl (C=O) groups excluding carboxylic acids is 1. The first kappa shape index (κ1) is 19.6. The normalized spacial score (nSPS) is 20.8. The third-order valence-corrected chi connectivity index (χ3v) is 6.61. The van der Waals surface area contributed by atoms with Gasteiger partial charge in [-0.25, -0.2) is 0 Å². The van der Waals surface area contributed by atoms with Crippen LogP contribution in [0.25, 0.3) is 21.9 Å². The molecule has 3 aromatic rings. The van der Waals surface area contributed by atoms with Crippen LogP contribution in [0, 0.1) is 5.92 Å². The Labute approximate surface area is 177 Å². The van der Waals surface area contributed by atoms with E-state index in [0.717, 1.165) is 50.3 Å². The summed E-state index contributed by atoms with van der Waals surface area (Å²) in [5.74, 6) is 0.890. The highest BCUT2D eigenvalue weighted by atomic mass is 16.5. The minimum atomic E-state index is 0.294. The minimum Gasteiger partial charge on any atom is -0.456 e.